The van der Waals surface area contributed by atoms with E-state index in [1.54, 1.807) is 6.20 Å². The Labute approximate surface area is 215 Å². The lowest BCUT2D eigenvalue weighted by Crippen LogP contribution is -2.44. The van der Waals surface area contributed by atoms with E-state index in [-0.39, 0.29) is 47.9 Å². The van der Waals surface area contributed by atoms with Gasteiger partial charge in [0.1, 0.15) is 17.5 Å². The molecule has 0 saturated heterocycles. The minimum absolute atomic E-state index is 0.00958. The summed E-state index contributed by atoms with van der Waals surface area (Å²) >= 11 is 0. The summed E-state index contributed by atoms with van der Waals surface area (Å²) in [4.78, 5) is 41.2. The Kier molecular flexibility index (Phi) is 5.34. The number of allylic oxidation sites excluding steroid dienone is 3. The third-order valence-electron chi connectivity index (χ3n) is 9.24. The Morgan fingerprint density at radius 1 is 1.19 bits per heavy atom. The van der Waals surface area contributed by atoms with Crippen molar-refractivity contribution in [3.8, 4) is 0 Å². The second-order valence-electron chi connectivity index (χ2n) is 11.6. The highest BCUT2D eigenvalue weighted by atomic mass is 16.6. The van der Waals surface area contributed by atoms with Crippen LogP contribution in [0.25, 0.3) is 10.8 Å². The molecule has 7 nitrogen and oxygen atoms in total. The smallest absolute Gasteiger partial charge is 0.307 e. The third-order valence-corrected chi connectivity index (χ3v) is 9.24. The van der Waals surface area contributed by atoms with E-state index in [0.29, 0.717) is 17.8 Å². The molecule has 4 aliphatic rings. The molecule has 0 radical (unpaired) electrons. The molecule has 6 atom stereocenters. The van der Waals surface area contributed by atoms with Gasteiger partial charge in [0.15, 0.2) is 5.78 Å². The number of aromatic nitrogens is 1. The highest BCUT2D eigenvalue weighted by Crippen LogP contribution is 2.66. The van der Waals surface area contributed by atoms with E-state index >= 15 is 0 Å². The van der Waals surface area contributed by atoms with Gasteiger partial charge in [-0.15, -0.1) is 0 Å². The Balaban J connectivity index is 1.44. The average molecular weight is 502 g/mol. The van der Waals surface area contributed by atoms with Crippen LogP contribution in [-0.2, 0) is 23.9 Å². The van der Waals surface area contributed by atoms with Crippen molar-refractivity contribution >= 4 is 28.5 Å². The zero-order chi connectivity index (χ0) is 26.1. The van der Waals surface area contributed by atoms with Gasteiger partial charge in [-0.25, -0.2) is 0 Å². The molecule has 192 valence electrons. The van der Waals surface area contributed by atoms with Crippen LogP contribution in [0.4, 0.5) is 0 Å². The van der Waals surface area contributed by atoms with Crippen molar-refractivity contribution < 1.29 is 29.0 Å². The monoisotopic (exact) mass is 501 g/mol. The zero-order valence-electron chi connectivity index (χ0n) is 21.3. The van der Waals surface area contributed by atoms with Crippen LogP contribution in [0, 0.1) is 17.3 Å². The maximum Gasteiger partial charge on any atom is 0.307 e. The number of hydrogen-bond donors (Lipinski definition) is 1. The number of carbonyl (C=O) groups is 3. The summed E-state index contributed by atoms with van der Waals surface area (Å²) in [6.07, 6.45) is 7.80. The lowest BCUT2D eigenvalue weighted by molar-refractivity contribution is -0.157. The number of ketones is 1. The first-order valence-corrected chi connectivity index (χ1v) is 13.0. The Morgan fingerprint density at radius 3 is 2.76 bits per heavy atom. The Morgan fingerprint density at radius 2 is 2.00 bits per heavy atom. The first kappa shape index (κ1) is 23.9. The summed E-state index contributed by atoms with van der Waals surface area (Å²) < 4.78 is 12.7. The highest BCUT2D eigenvalue weighted by Gasteiger charge is 2.64. The fourth-order valence-electron chi connectivity index (χ4n) is 7.80. The lowest BCUT2D eigenvalue weighted by Gasteiger charge is -2.48. The van der Waals surface area contributed by atoms with E-state index in [2.05, 4.69) is 18.0 Å². The Hall–Kier alpha value is -3.48. The molecule has 1 aromatic carbocycles. The van der Waals surface area contributed by atoms with Crippen molar-refractivity contribution in [3.05, 3.63) is 65.2 Å². The molecule has 2 fully saturated rings. The van der Waals surface area contributed by atoms with Gasteiger partial charge >= 0.3 is 11.9 Å². The van der Waals surface area contributed by atoms with Gasteiger partial charge in [0, 0.05) is 49.4 Å². The molecular formula is C30H31NO6. The number of pyridine rings is 1. The minimum atomic E-state index is -0.972. The molecular weight excluding hydrogens is 470 g/mol. The molecule has 2 heterocycles. The van der Waals surface area contributed by atoms with E-state index in [1.165, 1.54) is 6.92 Å². The van der Waals surface area contributed by atoms with Crippen molar-refractivity contribution in [2.75, 3.05) is 0 Å². The first-order chi connectivity index (χ1) is 17.6. The van der Waals surface area contributed by atoms with Crippen LogP contribution < -0.4 is 0 Å². The molecule has 0 bridgehead atoms. The van der Waals surface area contributed by atoms with E-state index in [4.69, 9.17) is 9.47 Å². The number of carboxylic acids is 1. The number of carbonyl (C=O) groups excluding carboxylic acids is 2. The highest BCUT2D eigenvalue weighted by molar-refractivity contribution is 6.02. The van der Waals surface area contributed by atoms with Gasteiger partial charge in [-0.1, -0.05) is 25.1 Å². The van der Waals surface area contributed by atoms with E-state index < -0.39 is 17.5 Å². The number of carboxylic acid groups (broad SMARTS) is 1. The fraction of sp³-hybridized carbons (Fsp3) is 0.467. The molecule has 7 heteroatoms. The molecule has 2 aromatic rings. The maximum absolute atomic E-state index is 12.8. The van der Waals surface area contributed by atoms with Crippen LogP contribution in [0.3, 0.4) is 0 Å². The second kappa shape index (κ2) is 8.27. The number of rotatable bonds is 3. The van der Waals surface area contributed by atoms with Crippen LogP contribution >= 0.6 is 0 Å². The van der Waals surface area contributed by atoms with Gasteiger partial charge in [-0.05, 0) is 60.3 Å². The molecule has 1 N–H and O–H groups in total. The summed E-state index contributed by atoms with van der Waals surface area (Å²) in [5.41, 5.74) is 1.73. The van der Waals surface area contributed by atoms with Crippen molar-refractivity contribution in [2.45, 2.75) is 70.5 Å². The number of Topliss-reactive ketones (excluding diaryl/α,β-unsaturated/α-hetero) is 1. The standard InChI is InChI=1S/C30H31NO6/c1-16(32)37-30(3)14-23-26-17(11-22-24(33)12-19(28(34)35)13-25(22)36-26)7-9-29(23,2)27(30)21-6-4-5-18-15-31-10-8-20(18)21/h4-6,8,10-11,15,19,23,26-27H,7,9,12-14H2,1-3H3,(H,34,35)/t19?,23-,26+,27+,29-,30?/m0/s1. The van der Waals surface area contributed by atoms with Gasteiger partial charge in [-0.3, -0.25) is 19.4 Å². The van der Waals surface area contributed by atoms with Gasteiger partial charge in [0.25, 0.3) is 0 Å². The number of aliphatic carboxylic acids is 1. The third kappa shape index (κ3) is 3.62. The number of ether oxygens (including phenoxy) is 2. The predicted octanol–water partition coefficient (Wildman–Crippen LogP) is 5.10. The van der Waals surface area contributed by atoms with Gasteiger partial charge < -0.3 is 14.6 Å². The predicted molar refractivity (Wildman–Crippen MR) is 135 cm³/mol. The second-order valence-corrected chi connectivity index (χ2v) is 11.6. The van der Waals surface area contributed by atoms with Crippen LogP contribution in [0.2, 0.25) is 0 Å². The van der Waals surface area contributed by atoms with Gasteiger partial charge in [0.05, 0.1) is 11.5 Å². The minimum Gasteiger partial charge on any atom is -0.489 e. The van der Waals surface area contributed by atoms with Gasteiger partial charge in [-0.2, -0.15) is 0 Å². The number of esters is 1. The van der Waals surface area contributed by atoms with Crippen LogP contribution in [0.5, 0.6) is 0 Å². The lowest BCUT2D eigenvalue weighted by atomic mass is 9.60. The first-order valence-electron chi connectivity index (χ1n) is 13.0. The molecule has 1 aromatic heterocycles. The summed E-state index contributed by atoms with van der Waals surface area (Å²) in [5, 5.41) is 11.7. The number of benzene rings is 1. The summed E-state index contributed by atoms with van der Waals surface area (Å²) in [6, 6.07) is 8.24. The number of hydrogen-bond acceptors (Lipinski definition) is 6. The van der Waals surface area contributed by atoms with Crippen molar-refractivity contribution in [3.63, 3.8) is 0 Å². The van der Waals surface area contributed by atoms with Gasteiger partial charge in [0.2, 0.25) is 0 Å². The zero-order valence-corrected chi connectivity index (χ0v) is 21.3. The molecule has 2 unspecified atom stereocenters. The Bertz CT molecular complexity index is 1400. The van der Waals surface area contributed by atoms with E-state index in [1.807, 2.05) is 37.4 Å². The van der Waals surface area contributed by atoms with Crippen LogP contribution in [-0.4, -0.2) is 39.5 Å². The van der Waals surface area contributed by atoms with Crippen molar-refractivity contribution in [2.24, 2.45) is 17.3 Å². The molecule has 2 saturated carbocycles. The molecule has 0 amide bonds. The average Bonchev–Trinajstić information content (AvgIpc) is 3.08. The number of nitrogens with zero attached hydrogens (tertiary/aromatic N) is 1. The van der Waals surface area contributed by atoms with E-state index in [9.17, 15) is 19.5 Å². The quantitative estimate of drug-likeness (QED) is 0.584. The topological polar surface area (TPSA) is 103 Å². The van der Waals surface area contributed by atoms with Crippen LogP contribution in [0.15, 0.2) is 59.6 Å². The SMILES string of the molecule is CC(=O)OC1(C)C[C@H]2[C@@H]3OC4=C(C=C3CC[C@]2(C)[C@H]1c1cccc2cnccc12)C(=O)CC(C(=O)O)C4. The molecule has 6 rings (SSSR count). The van der Waals surface area contributed by atoms with Crippen molar-refractivity contribution in [1.82, 2.24) is 4.98 Å². The molecule has 37 heavy (non-hydrogen) atoms. The number of fused-ring (bicyclic) bond motifs is 4. The summed E-state index contributed by atoms with van der Waals surface area (Å²) in [7, 11) is 0. The maximum atomic E-state index is 12.8. The van der Waals surface area contributed by atoms with E-state index in [0.717, 1.165) is 34.8 Å². The van der Waals surface area contributed by atoms with Crippen LogP contribution in [0.1, 0.15) is 64.4 Å². The normalized spacial score (nSPS) is 34.7. The van der Waals surface area contributed by atoms with Crippen molar-refractivity contribution in [1.29, 1.82) is 0 Å². The summed E-state index contributed by atoms with van der Waals surface area (Å²) in [6.45, 7) is 5.76. The summed E-state index contributed by atoms with van der Waals surface area (Å²) in [5.74, 6) is -1.77. The molecule has 1 aliphatic heterocycles. The largest absolute Gasteiger partial charge is 0.489 e. The fourth-order valence-corrected chi connectivity index (χ4v) is 7.80. The molecule has 3 aliphatic carbocycles. The molecule has 0 spiro atoms.